The molecule has 0 fully saturated rings. The lowest BCUT2D eigenvalue weighted by Gasteiger charge is -1.98. The summed E-state index contributed by atoms with van der Waals surface area (Å²) in [6.45, 7) is 0. The van der Waals surface area contributed by atoms with Crippen molar-refractivity contribution in [3.05, 3.63) is 33.8 Å². The molecule has 0 saturated heterocycles. The second-order valence-corrected chi connectivity index (χ2v) is 3.07. The first kappa shape index (κ1) is 9.36. The number of rotatable bonds is 2. The van der Waals surface area contributed by atoms with E-state index in [9.17, 15) is 0 Å². The molecule has 1 N–H and O–H groups in total. The van der Waals surface area contributed by atoms with Gasteiger partial charge in [0, 0.05) is 12.6 Å². The highest BCUT2D eigenvalue weighted by Crippen LogP contribution is 2.22. The van der Waals surface area contributed by atoms with Crippen LogP contribution in [-0.4, -0.2) is 11.4 Å². The van der Waals surface area contributed by atoms with Gasteiger partial charge in [-0.25, -0.2) is 0 Å². The SMILES string of the molecule is ON=CCc1ccc(Cl)c(Cl)c1. The quantitative estimate of drug-likeness (QED) is 0.448. The molecule has 1 aromatic carbocycles. The number of oxime groups is 1. The molecule has 1 rings (SSSR count). The third kappa shape index (κ3) is 2.40. The van der Waals surface area contributed by atoms with Crippen LogP contribution in [0.2, 0.25) is 10.0 Å². The van der Waals surface area contributed by atoms with Crippen LogP contribution in [-0.2, 0) is 6.42 Å². The molecule has 64 valence electrons. The molecule has 0 amide bonds. The average molecular weight is 204 g/mol. The average Bonchev–Trinajstić information content (AvgIpc) is 2.07. The Balaban J connectivity index is 2.82. The van der Waals surface area contributed by atoms with E-state index in [2.05, 4.69) is 5.16 Å². The summed E-state index contributed by atoms with van der Waals surface area (Å²) < 4.78 is 0. The monoisotopic (exact) mass is 203 g/mol. The number of hydrogen-bond donors (Lipinski definition) is 1. The Morgan fingerprint density at radius 1 is 1.33 bits per heavy atom. The first-order valence-corrected chi connectivity index (χ1v) is 4.09. The molecule has 0 aliphatic rings. The molecule has 0 unspecified atom stereocenters. The van der Waals surface area contributed by atoms with E-state index in [1.54, 1.807) is 12.1 Å². The number of nitrogens with zero attached hydrogens (tertiary/aromatic N) is 1. The van der Waals surface area contributed by atoms with Crippen molar-refractivity contribution < 1.29 is 5.21 Å². The topological polar surface area (TPSA) is 32.6 Å². The number of benzene rings is 1. The van der Waals surface area contributed by atoms with E-state index < -0.39 is 0 Å². The van der Waals surface area contributed by atoms with E-state index >= 15 is 0 Å². The van der Waals surface area contributed by atoms with Gasteiger partial charge < -0.3 is 5.21 Å². The van der Waals surface area contributed by atoms with Gasteiger partial charge in [0.05, 0.1) is 10.0 Å². The fourth-order valence-corrected chi connectivity index (χ4v) is 1.13. The predicted octanol–water partition coefficient (Wildman–Crippen LogP) is 3.00. The van der Waals surface area contributed by atoms with Gasteiger partial charge >= 0.3 is 0 Å². The molecule has 0 bridgehead atoms. The Morgan fingerprint density at radius 3 is 2.67 bits per heavy atom. The summed E-state index contributed by atoms with van der Waals surface area (Å²) in [5.41, 5.74) is 0.960. The van der Waals surface area contributed by atoms with Crippen LogP contribution in [0.3, 0.4) is 0 Å². The number of halogens is 2. The summed E-state index contributed by atoms with van der Waals surface area (Å²) in [7, 11) is 0. The van der Waals surface area contributed by atoms with Gasteiger partial charge in [0.25, 0.3) is 0 Å². The van der Waals surface area contributed by atoms with Gasteiger partial charge in [-0.1, -0.05) is 29.3 Å². The van der Waals surface area contributed by atoms with E-state index in [4.69, 9.17) is 28.4 Å². The van der Waals surface area contributed by atoms with Gasteiger partial charge in [-0.3, -0.25) is 0 Å². The van der Waals surface area contributed by atoms with Gasteiger partial charge in [-0.15, -0.1) is 5.16 Å². The molecule has 0 spiro atoms. The van der Waals surface area contributed by atoms with Gasteiger partial charge in [-0.2, -0.15) is 0 Å². The van der Waals surface area contributed by atoms with Crippen LogP contribution < -0.4 is 0 Å². The normalized spacial score (nSPS) is 10.8. The smallest absolute Gasteiger partial charge is 0.0595 e. The Labute approximate surface area is 80.4 Å². The second kappa shape index (κ2) is 4.33. The summed E-state index contributed by atoms with van der Waals surface area (Å²) in [5.74, 6) is 0. The van der Waals surface area contributed by atoms with Crippen LogP contribution in [0.25, 0.3) is 0 Å². The Hall–Kier alpha value is -0.730. The standard InChI is InChI=1S/C8H7Cl2NO/c9-7-2-1-6(3-4-11-12)5-8(7)10/h1-2,4-5,12H,3H2. The lowest BCUT2D eigenvalue weighted by atomic mass is 10.2. The molecule has 0 aromatic heterocycles. The maximum atomic E-state index is 8.16. The highest BCUT2D eigenvalue weighted by molar-refractivity contribution is 6.42. The van der Waals surface area contributed by atoms with Crippen molar-refractivity contribution >= 4 is 29.4 Å². The fraction of sp³-hybridized carbons (Fsp3) is 0.125. The first-order valence-electron chi connectivity index (χ1n) is 3.34. The zero-order valence-electron chi connectivity index (χ0n) is 6.17. The Kier molecular flexibility index (Phi) is 3.38. The molecule has 4 heteroatoms. The van der Waals surface area contributed by atoms with Crippen molar-refractivity contribution in [2.24, 2.45) is 5.16 Å². The largest absolute Gasteiger partial charge is 0.411 e. The molecule has 0 radical (unpaired) electrons. The van der Waals surface area contributed by atoms with Crippen LogP contribution in [0.1, 0.15) is 5.56 Å². The van der Waals surface area contributed by atoms with Crippen molar-refractivity contribution in [2.45, 2.75) is 6.42 Å². The van der Waals surface area contributed by atoms with Crippen molar-refractivity contribution in [1.29, 1.82) is 0 Å². The van der Waals surface area contributed by atoms with Gasteiger partial charge in [0.15, 0.2) is 0 Å². The third-order valence-electron chi connectivity index (χ3n) is 1.39. The predicted molar refractivity (Wildman–Crippen MR) is 50.4 cm³/mol. The Morgan fingerprint density at radius 2 is 2.08 bits per heavy atom. The fourth-order valence-electron chi connectivity index (χ4n) is 0.813. The minimum absolute atomic E-state index is 0.514. The van der Waals surface area contributed by atoms with Crippen LogP contribution >= 0.6 is 23.2 Å². The minimum Gasteiger partial charge on any atom is -0.411 e. The highest BCUT2D eigenvalue weighted by atomic mass is 35.5. The van der Waals surface area contributed by atoms with Crippen LogP contribution in [0.5, 0.6) is 0 Å². The zero-order valence-corrected chi connectivity index (χ0v) is 7.68. The van der Waals surface area contributed by atoms with Crippen LogP contribution in [0.15, 0.2) is 23.4 Å². The molecule has 2 nitrogen and oxygen atoms in total. The summed E-state index contributed by atoms with van der Waals surface area (Å²) >= 11 is 11.5. The Bertz CT molecular complexity index is 299. The van der Waals surface area contributed by atoms with Gasteiger partial charge in [0.2, 0.25) is 0 Å². The van der Waals surface area contributed by atoms with Gasteiger partial charge in [-0.05, 0) is 17.7 Å². The van der Waals surface area contributed by atoms with Crippen molar-refractivity contribution in [3.63, 3.8) is 0 Å². The van der Waals surface area contributed by atoms with Crippen molar-refractivity contribution in [3.8, 4) is 0 Å². The summed E-state index contributed by atoms with van der Waals surface area (Å²) in [4.78, 5) is 0. The molecular weight excluding hydrogens is 197 g/mol. The molecule has 12 heavy (non-hydrogen) atoms. The molecule has 0 atom stereocenters. The van der Waals surface area contributed by atoms with Crippen LogP contribution in [0, 0.1) is 0 Å². The molecule has 1 aromatic rings. The first-order chi connectivity index (χ1) is 5.74. The van der Waals surface area contributed by atoms with E-state index in [1.165, 1.54) is 6.21 Å². The molecule has 0 aliphatic carbocycles. The van der Waals surface area contributed by atoms with Crippen molar-refractivity contribution in [2.75, 3.05) is 0 Å². The van der Waals surface area contributed by atoms with E-state index in [0.717, 1.165) is 5.56 Å². The zero-order chi connectivity index (χ0) is 8.97. The molecule has 0 aliphatic heterocycles. The second-order valence-electron chi connectivity index (χ2n) is 2.25. The maximum absolute atomic E-state index is 8.16. The number of hydrogen-bond acceptors (Lipinski definition) is 2. The summed E-state index contributed by atoms with van der Waals surface area (Å²) in [5, 5.41) is 12.1. The highest BCUT2D eigenvalue weighted by Gasteiger charge is 1.97. The van der Waals surface area contributed by atoms with E-state index in [0.29, 0.717) is 16.5 Å². The van der Waals surface area contributed by atoms with E-state index in [1.807, 2.05) is 6.07 Å². The lowest BCUT2D eigenvalue weighted by molar-refractivity contribution is 0.321. The molecular formula is C8H7Cl2NO. The van der Waals surface area contributed by atoms with E-state index in [-0.39, 0.29) is 0 Å². The maximum Gasteiger partial charge on any atom is 0.0595 e. The minimum atomic E-state index is 0.514. The van der Waals surface area contributed by atoms with Gasteiger partial charge in [0.1, 0.15) is 0 Å². The lowest BCUT2D eigenvalue weighted by Crippen LogP contribution is -1.85. The molecule has 0 saturated carbocycles. The van der Waals surface area contributed by atoms with Crippen molar-refractivity contribution in [1.82, 2.24) is 0 Å². The summed E-state index contributed by atoms with van der Waals surface area (Å²) in [6.07, 6.45) is 1.94. The van der Waals surface area contributed by atoms with Crippen LogP contribution in [0.4, 0.5) is 0 Å². The molecule has 0 heterocycles. The summed E-state index contributed by atoms with van der Waals surface area (Å²) in [6, 6.07) is 5.28. The third-order valence-corrected chi connectivity index (χ3v) is 2.13.